The number of carbonyl (C=O) groups is 2. The molecule has 0 spiro atoms. The Bertz CT molecular complexity index is 452. The van der Waals surface area contributed by atoms with Crippen molar-refractivity contribution in [2.24, 2.45) is 0 Å². The van der Waals surface area contributed by atoms with Crippen LogP contribution in [0, 0.1) is 13.8 Å². The van der Waals surface area contributed by atoms with Gasteiger partial charge in [-0.3, -0.25) is 9.59 Å². The van der Waals surface area contributed by atoms with E-state index in [0.29, 0.717) is 4.88 Å². The first kappa shape index (κ1) is 14.7. The molecule has 0 aromatic carbocycles. The first-order valence-electron chi connectivity index (χ1n) is 5.73. The molecule has 4 nitrogen and oxygen atoms in total. The summed E-state index contributed by atoms with van der Waals surface area (Å²) < 4.78 is 0. The summed E-state index contributed by atoms with van der Waals surface area (Å²) in [6.07, 6.45) is 0. The number of amides is 1. The number of carboxylic acids is 1. The Labute approximate surface area is 111 Å². The van der Waals surface area contributed by atoms with Gasteiger partial charge in [0.25, 0.3) is 5.91 Å². The Kier molecular flexibility index (Phi) is 4.16. The maximum absolute atomic E-state index is 12.4. The van der Waals surface area contributed by atoms with E-state index >= 15 is 0 Å². The first-order valence-corrected chi connectivity index (χ1v) is 6.55. The molecule has 1 aromatic rings. The molecule has 0 aliphatic rings. The maximum atomic E-state index is 12.4. The van der Waals surface area contributed by atoms with Crippen LogP contribution in [0.3, 0.4) is 0 Å². The molecule has 100 valence electrons. The number of carbonyl (C=O) groups excluding carboxylic acids is 1. The third kappa shape index (κ3) is 3.32. The normalized spacial score (nSPS) is 11.4. The molecular weight excluding hydrogens is 250 g/mol. The highest BCUT2D eigenvalue weighted by Crippen LogP contribution is 2.25. The van der Waals surface area contributed by atoms with Crippen LogP contribution < -0.4 is 0 Å². The number of hydrogen-bond acceptors (Lipinski definition) is 3. The number of aliphatic carboxylic acids is 1. The van der Waals surface area contributed by atoms with Crippen molar-refractivity contribution in [3.05, 3.63) is 21.4 Å². The van der Waals surface area contributed by atoms with Crippen molar-refractivity contribution >= 4 is 23.2 Å². The zero-order valence-electron chi connectivity index (χ0n) is 11.4. The summed E-state index contributed by atoms with van der Waals surface area (Å²) in [5.41, 5.74) is 0.550. The van der Waals surface area contributed by atoms with Gasteiger partial charge in [0.15, 0.2) is 0 Å². The van der Waals surface area contributed by atoms with Crippen molar-refractivity contribution in [3.8, 4) is 0 Å². The van der Waals surface area contributed by atoms with E-state index in [1.807, 2.05) is 40.7 Å². The molecule has 18 heavy (non-hydrogen) atoms. The molecule has 0 saturated heterocycles. The van der Waals surface area contributed by atoms with Gasteiger partial charge in [-0.15, -0.1) is 11.3 Å². The molecule has 0 unspecified atom stereocenters. The fourth-order valence-electron chi connectivity index (χ4n) is 1.56. The van der Waals surface area contributed by atoms with Crippen LogP contribution in [-0.4, -0.2) is 34.0 Å². The molecule has 0 atom stereocenters. The monoisotopic (exact) mass is 269 g/mol. The number of rotatable bonds is 3. The molecule has 1 N–H and O–H groups in total. The lowest BCUT2D eigenvalue weighted by Crippen LogP contribution is -2.48. The van der Waals surface area contributed by atoms with Crippen molar-refractivity contribution in [1.29, 1.82) is 0 Å². The molecule has 0 aliphatic heterocycles. The van der Waals surface area contributed by atoms with Crippen molar-refractivity contribution in [2.45, 2.75) is 40.2 Å². The lowest BCUT2D eigenvalue weighted by molar-refractivity contribution is -0.138. The first-order chi connectivity index (χ1) is 8.12. The largest absolute Gasteiger partial charge is 0.480 e. The Morgan fingerprint density at radius 1 is 1.33 bits per heavy atom. The average Bonchev–Trinajstić information content (AvgIpc) is 2.53. The molecule has 0 radical (unpaired) electrons. The zero-order valence-corrected chi connectivity index (χ0v) is 12.2. The quantitative estimate of drug-likeness (QED) is 0.917. The van der Waals surface area contributed by atoms with Gasteiger partial charge >= 0.3 is 5.97 Å². The van der Waals surface area contributed by atoms with Crippen molar-refractivity contribution < 1.29 is 14.7 Å². The number of aryl methyl sites for hydroxylation is 2. The van der Waals surface area contributed by atoms with Crippen LogP contribution in [0.4, 0.5) is 0 Å². The molecule has 0 fully saturated rings. The topological polar surface area (TPSA) is 57.6 Å². The van der Waals surface area contributed by atoms with Gasteiger partial charge in [0.05, 0.1) is 4.88 Å². The Hall–Kier alpha value is -1.36. The highest BCUT2D eigenvalue weighted by atomic mass is 32.1. The molecular formula is C13H19NO3S. The summed E-state index contributed by atoms with van der Waals surface area (Å²) in [7, 11) is 0. The predicted octanol–water partition coefficient (Wildman–Crippen LogP) is 2.69. The van der Waals surface area contributed by atoms with Gasteiger partial charge in [-0.05, 0) is 46.2 Å². The summed E-state index contributed by atoms with van der Waals surface area (Å²) in [6, 6.07) is 1.82. The van der Waals surface area contributed by atoms with E-state index in [0.717, 1.165) is 10.4 Å². The summed E-state index contributed by atoms with van der Waals surface area (Å²) in [5, 5.41) is 8.91. The van der Waals surface area contributed by atoms with E-state index < -0.39 is 11.5 Å². The standard InChI is InChI=1S/C13H19NO3S/c1-8-6-10(18-9(8)2)12(17)14(7-11(15)16)13(3,4)5/h6H,7H2,1-5H3,(H,15,16). The maximum Gasteiger partial charge on any atom is 0.323 e. The molecule has 0 aliphatic carbocycles. The second-order valence-corrected chi connectivity index (χ2v) is 6.56. The van der Waals surface area contributed by atoms with E-state index in [9.17, 15) is 9.59 Å². The minimum atomic E-state index is -0.997. The van der Waals surface area contributed by atoms with E-state index in [1.165, 1.54) is 16.2 Å². The minimum Gasteiger partial charge on any atom is -0.480 e. The van der Waals surface area contributed by atoms with E-state index in [2.05, 4.69) is 0 Å². The molecule has 1 amide bonds. The summed E-state index contributed by atoms with van der Waals surface area (Å²) >= 11 is 1.41. The highest BCUT2D eigenvalue weighted by molar-refractivity contribution is 7.14. The second-order valence-electron chi connectivity index (χ2n) is 5.31. The Morgan fingerprint density at radius 3 is 2.22 bits per heavy atom. The van der Waals surface area contributed by atoms with Crippen LogP contribution in [0.2, 0.25) is 0 Å². The molecule has 1 heterocycles. The van der Waals surface area contributed by atoms with Crippen LogP contribution in [0.1, 0.15) is 40.9 Å². The van der Waals surface area contributed by atoms with Crippen LogP contribution in [0.15, 0.2) is 6.07 Å². The number of nitrogens with zero attached hydrogens (tertiary/aromatic N) is 1. The minimum absolute atomic E-state index is 0.217. The van der Waals surface area contributed by atoms with Gasteiger partial charge in [-0.1, -0.05) is 0 Å². The molecule has 0 saturated carbocycles. The van der Waals surface area contributed by atoms with Crippen molar-refractivity contribution in [1.82, 2.24) is 4.90 Å². The fraction of sp³-hybridized carbons (Fsp3) is 0.538. The van der Waals surface area contributed by atoms with Gasteiger partial charge in [0.1, 0.15) is 6.54 Å². The third-order valence-corrected chi connectivity index (χ3v) is 3.87. The Balaban J connectivity index is 3.06. The third-order valence-electron chi connectivity index (χ3n) is 2.73. The van der Waals surface area contributed by atoms with Gasteiger partial charge < -0.3 is 10.0 Å². The highest BCUT2D eigenvalue weighted by Gasteiger charge is 2.30. The fourth-order valence-corrected chi connectivity index (χ4v) is 2.54. The molecule has 1 aromatic heterocycles. The van der Waals surface area contributed by atoms with Crippen molar-refractivity contribution in [2.75, 3.05) is 6.54 Å². The number of hydrogen-bond donors (Lipinski definition) is 1. The van der Waals surface area contributed by atoms with Crippen LogP contribution in [0.25, 0.3) is 0 Å². The van der Waals surface area contributed by atoms with Gasteiger partial charge in [-0.2, -0.15) is 0 Å². The summed E-state index contributed by atoms with van der Waals surface area (Å²) in [4.78, 5) is 26.3. The molecule has 5 heteroatoms. The van der Waals surface area contributed by atoms with Gasteiger partial charge in [0.2, 0.25) is 0 Å². The lowest BCUT2D eigenvalue weighted by Gasteiger charge is -2.34. The number of thiophene rings is 1. The number of carboxylic acid groups (broad SMARTS) is 1. The van der Waals surface area contributed by atoms with Crippen molar-refractivity contribution in [3.63, 3.8) is 0 Å². The zero-order chi connectivity index (χ0) is 14.1. The summed E-state index contributed by atoms with van der Waals surface area (Å²) in [5.74, 6) is -1.21. The molecule has 0 bridgehead atoms. The predicted molar refractivity (Wildman–Crippen MR) is 72.2 cm³/mol. The lowest BCUT2D eigenvalue weighted by atomic mass is 10.1. The van der Waals surface area contributed by atoms with Gasteiger partial charge in [0, 0.05) is 10.4 Å². The molecule has 1 rings (SSSR count). The van der Waals surface area contributed by atoms with E-state index in [1.54, 1.807) is 0 Å². The van der Waals surface area contributed by atoms with Crippen LogP contribution in [-0.2, 0) is 4.79 Å². The average molecular weight is 269 g/mol. The van der Waals surface area contributed by atoms with Crippen LogP contribution in [0.5, 0.6) is 0 Å². The SMILES string of the molecule is Cc1cc(C(=O)N(CC(=O)O)C(C)(C)C)sc1C. The smallest absolute Gasteiger partial charge is 0.323 e. The Morgan fingerprint density at radius 2 is 1.89 bits per heavy atom. The van der Waals surface area contributed by atoms with E-state index in [4.69, 9.17) is 5.11 Å². The van der Waals surface area contributed by atoms with E-state index in [-0.39, 0.29) is 12.5 Å². The second kappa shape index (κ2) is 5.10. The van der Waals surface area contributed by atoms with Crippen LogP contribution >= 0.6 is 11.3 Å². The summed E-state index contributed by atoms with van der Waals surface area (Å²) in [6.45, 7) is 9.12. The van der Waals surface area contributed by atoms with Gasteiger partial charge in [-0.25, -0.2) is 0 Å².